The summed E-state index contributed by atoms with van der Waals surface area (Å²) in [5, 5.41) is 18.3. The Balaban J connectivity index is 3.12. The Morgan fingerprint density at radius 2 is 1.20 bits per heavy atom. The first-order chi connectivity index (χ1) is 9.81. The van der Waals surface area contributed by atoms with Crippen molar-refractivity contribution in [2.45, 2.75) is 109 Å². The van der Waals surface area contributed by atoms with Crippen LogP contribution in [0.25, 0.3) is 0 Å². The Kier molecular flexibility index (Phi) is 16.1. The van der Waals surface area contributed by atoms with Gasteiger partial charge in [-0.1, -0.05) is 77.6 Å². The van der Waals surface area contributed by atoms with Gasteiger partial charge in [-0.25, -0.2) is 0 Å². The van der Waals surface area contributed by atoms with Crippen molar-refractivity contribution in [2.24, 2.45) is 0 Å². The van der Waals surface area contributed by atoms with E-state index in [1.807, 2.05) is 0 Å². The van der Waals surface area contributed by atoms with E-state index in [0.29, 0.717) is 6.42 Å². The SMILES string of the molecule is CCCCCCCC[C@@H](O)CCCCCCCCC#N. The van der Waals surface area contributed by atoms with Gasteiger partial charge in [0.25, 0.3) is 0 Å². The quantitative estimate of drug-likeness (QED) is 0.389. The van der Waals surface area contributed by atoms with Gasteiger partial charge >= 0.3 is 0 Å². The van der Waals surface area contributed by atoms with E-state index in [-0.39, 0.29) is 6.10 Å². The lowest BCUT2D eigenvalue weighted by Crippen LogP contribution is -2.05. The molecule has 2 heteroatoms. The molecule has 0 aliphatic rings. The number of hydrogen-bond donors (Lipinski definition) is 1. The van der Waals surface area contributed by atoms with Gasteiger partial charge in [0.1, 0.15) is 0 Å². The summed E-state index contributed by atoms with van der Waals surface area (Å²) in [6, 6.07) is 2.19. The van der Waals surface area contributed by atoms with Gasteiger partial charge in [-0.2, -0.15) is 5.26 Å². The lowest BCUT2D eigenvalue weighted by Gasteiger charge is -2.10. The molecule has 0 rings (SSSR count). The van der Waals surface area contributed by atoms with Crippen LogP contribution >= 0.6 is 0 Å². The molecule has 0 radical (unpaired) electrons. The molecule has 1 N–H and O–H groups in total. The smallest absolute Gasteiger partial charge is 0.0621 e. The van der Waals surface area contributed by atoms with Crippen molar-refractivity contribution >= 4 is 0 Å². The summed E-state index contributed by atoms with van der Waals surface area (Å²) in [4.78, 5) is 0. The second-order valence-corrected chi connectivity index (χ2v) is 6.03. The van der Waals surface area contributed by atoms with Crippen molar-refractivity contribution in [1.29, 1.82) is 5.26 Å². The van der Waals surface area contributed by atoms with Crippen LogP contribution in [0.5, 0.6) is 0 Å². The average Bonchev–Trinajstić information content (AvgIpc) is 2.45. The molecule has 0 aliphatic carbocycles. The predicted octanol–water partition coefficient (Wildman–Crippen LogP) is 5.74. The van der Waals surface area contributed by atoms with Gasteiger partial charge in [-0.15, -0.1) is 0 Å². The van der Waals surface area contributed by atoms with Gasteiger partial charge in [0.15, 0.2) is 0 Å². The number of aliphatic hydroxyl groups is 1. The summed E-state index contributed by atoms with van der Waals surface area (Å²) in [6.45, 7) is 2.24. The third kappa shape index (κ3) is 15.5. The molecule has 0 saturated heterocycles. The molecule has 0 aromatic heterocycles. The molecule has 1 atom stereocenters. The van der Waals surface area contributed by atoms with E-state index in [4.69, 9.17) is 5.26 Å². The van der Waals surface area contributed by atoms with Gasteiger partial charge in [0, 0.05) is 6.42 Å². The highest BCUT2D eigenvalue weighted by Crippen LogP contribution is 2.14. The molecular formula is C18H35NO. The fourth-order valence-corrected chi connectivity index (χ4v) is 2.60. The third-order valence-electron chi connectivity index (χ3n) is 3.97. The molecule has 0 amide bonds. The van der Waals surface area contributed by atoms with Gasteiger partial charge < -0.3 is 5.11 Å². The second kappa shape index (κ2) is 16.5. The first-order valence-electron chi connectivity index (χ1n) is 8.86. The monoisotopic (exact) mass is 281 g/mol. The normalized spacial score (nSPS) is 12.2. The molecule has 0 spiro atoms. The number of rotatable bonds is 15. The minimum atomic E-state index is -0.0697. The number of nitriles is 1. The van der Waals surface area contributed by atoms with Crippen molar-refractivity contribution in [2.75, 3.05) is 0 Å². The Morgan fingerprint density at radius 3 is 1.70 bits per heavy atom. The molecule has 0 aromatic carbocycles. The Morgan fingerprint density at radius 1 is 0.750 bits per heavy atom. The first-order valence-corrected chi connectivity index (χ1v) is 8.86. The van der Waals surface area contributed by atoms with Crippen LogP contribution < -0.4 is 0 Å². The third-order valence-corrected chi connectivity index (χ3v) is 3.97. The molecule has 20 heavy (non-hydrogen) atoms. The highest BCUT2D eigenvalue weighted by Gasteiger charge is 2.03. The lowest BCUT2D eigenvalue weighted by atomic mass is 10.0. The van der Waals surface area contributed by atoms with E-state index in [9.17, 15) is 5.11 Å². The zero-order valence-electron chi connectivity index (χ0n) is 13.6. The Labute approximate surface area is 126 Å². The van der Waals surface area contributed by atoms with Crippen molar-refractivity contribution in [1.82, 2.24) is 0 Å². The van der Waals surface area contributed by atoms with E-state index < -0.39 is 0 Å². The van der Waals surface area contributed by atoms with Crippen LogP contribution in [0, 0.1) is 11.3 Å². The zero-order chi connectivity index (χ0) is 14.9. The number of aliphatic hydroxyl groups excluding tert-OH is 1. The number of hydrogen-bond acceptors (Lipinski definition) is 2. The Bertz CT molecular complexity index is 222. The maximum absolute atomic E-state index is 9.89. The van der Waals surface area contributed by atoms with Crippen molar-refractivity contribution in [3.63, 3.8) is 0 Å². The largest absolute Gasteiger partial charge is 0.393 e. The highest BCUT2D eigenvalue weighted by atomic mass is 16.3. The van der Waals surface area contributed by atoms with Gasteiger partial charge in [-0.3, -0.25) is 0 Å². The van der Waals surface area contributed by atoms with Gasteiger partial charge in [-0.05, 0) is 19.3 Å². The molecule has 0 aliphatic heterocycles. The molecule has 118 valence electrons. The molecule has 0 aromatic rings. The Hall–Kier alpha value is -0.550. The van der Waals surface area contributed by atoms with Crippen LogP contribution in [0.3, 0.4) is 0 Å². The second-order valence-electron chi connectivity index (χ2n) is 6.03. The molecular weight excluding hydrogens is 246 g/mol. The van der Waals surface area contributed by atoms with Crippen LogP contribution in [0.2, 0.25) is 0 Å². The fraction of sp³-hybridized carbons (Fsp3) is 0.944. The minimum Gasteiger partial charge on any atom is -0.393 e. The molecule has 0 fully saturated rings. The summed E-state index contributed by atoms with van der Waals surface area (Å²) < 4.78 is 0. The standard InChI is InChI=1S/C18H35NO/c1-2-3-4-5-9-12-15-18(20)16-13-10-7-6-8-11-14-17-19/h18,20H,2-16H2,1H3/t18-/m1/s1. The molecule has 0 saturated carbocycles. The minimum absolute atomic E-state index is 0.0697. The highest BCUT2D eigenvalue weighted by molar-refractivity contribution is 4.67. The van der Waals surface area contributed by atoms with Crippen LogP contribution in [-0.4, -0.2) is 11.2 Å². The maximum atomic E-state index is 9.89. The van der Waals surface area contributed by atoms with Crippen molar-refractivity contribution < 1.29 is 5.11 Å². The van der Waals surface area contributed by atoms with E-state index in [1.54, 1.807) is 0 Å². The first kappa shape index (κ1) is 19.4. The fourth-order valence-electron chi connectivity index (χ4n) is 2.60. The molecule has 2 nitrogen and oxygen atoms in total. The summed E-state index contributed by atoms with van der Waals surface area (Å²) in [5.74, 6) is 0. The van der Waals surface area contributed by atoms with E-state index in [2.05, 4.69) is 13.0 Å². The van der Waals surface area contributed by atoms with E-state index in [0.717, 1.165) is 25.7 Å². The van der Waals surface area contributed by atoms with Gasteiger partial charge in [0.2, 0.25) is 0 Å². The summed E-state index contributed by atoms with van der Waals surface area (Å²) in [7, 11) is 0. The molecule has 0 unspecified atom stereocenters. The van der Waals surface area contributed by atoms with Crippen LogP contribution in [0.4, 0.5) is 0 Å². The van der Waals surface area contributed by atoms with Crippen LogP contribution in [0.1, 0.15) is 103 Å². The predicted molar refractivity (Wildman–Crippen MR) is 86.5 cm³/mol. The van der Waals surface area contributed by atoms with Crippen molar-refractivity contribution in [3.8, 4) is 6.07 Å². The van der Waals surface area contributed by atoms with Crippen LogP contribution in [0.15, 0.2) is 0 Å². The van der Waals surface area contributed by atoms with Crippen molar-refractivity contribution in [3.05, 3.63) is 0 Å². The summed E-state index contributed by atoms with van der Waals surface area (Å²) in [6.07, 6.45) is 17.6. The summed E-state index contributed by atoms with van der Waals surface area (Å²) in [5.41, 5.74) is 0. The lowest BCUT2D eigenvalue weighted by molar-refractivity contribution is 0.147. The zero-order valence-corrected chi connectivity index (χ0v) is 13.6. The topological polar surface area (TPSA) is 44.0 Å². The van der Waals surface area contributed by atoms with E-state index in [1.165, 1.54) is 64.2 Å². The number of nitrogens with zero attached hydrogens (tertiary/aromatic N) is 1. The summed E-state index contributed by atoms with van der Waals surface area (Å²) >= 11 is 0. The van der Waals surface area contributed by atoms with Crippen LogP contribution in [-0.2, 0) is 0 Å². The molecule has 0 bridgehead atoms. The number of unbranched alkanes of at least 4 members (excludes halogenated alkanes) is 11. The average molecular weight is 281 g/mol. The maximum Gasteiger partial charge on any atom is 0.0621 e. The van der Waals surface area contributed by atoms with Gasteiger partial charge in [0.05, 0.1) is 12.2 Å². The van der Waals surface area contributed by atoms with E-state index >= 15 is 0 Å². The molecule has 0 heterocycles.